The Kier molecular flexibility index (Phi) is 6.84. The van der Waals surface area contributed by atoms with Crippen molar-refractivity contribution in [3.8, 4) is 0 Å². The Morgan fingerprint density at radius 2 is 1.77 bits per heavy atom. The largest absolute Gasteiger partial charge is 0.342 e. The zero-order valence-electron chi connectivity index (χ0n) is 18.1. The molecule has 8 nitrogen and oxygen atoms in total. The molecule has 1 aromatic heterocycles. The van der Waals surface area contributed by atoms with Gasteiger partial charge in [0.2, 0.25) is 5.91 Å². The van der Waals surface area contributed by atoms with E-state index in [2.05, 4.69) is 25.8 Å². The van der Waals surface area contributed by atoms with Crippen LogP contribution < -0.4 is 10.6 Å². The minimum atomic E-state index is -0.431. The van der Waals surface area contributed by atoms with Gasteiger partial charge in [0.15, 0.2) is 5.82 Å². The molecule has 1 saturated carbocycles. The maximum absolute atomic E-state index is 12.8. The minimum absolute atomic E-state index is 0.0562. The molecule has 0 radical (unpaired) electrons. The second-order valence-corrected chi connectivity index (χ2v) is 8.68. The number of nitrogens with zero attached hydrogens (tertiary/aromatic N) is 3. The lowest BCUT2D eigenvalue weighted by Gasteiger charge is -2.35. The number of hydrogen-bond acceptors (Lipinski definition) is 4. The summed E-state index contributed by atoms with van der Waals surface area (Å²) in [5, 5.41) is 13.2. The molecular weight excluding hydrogens is 392 g/mol. The van der Waals surface area contributed by atoms with Gasteiger partial charge >= 0.3 is 6.03 Å². The van der Waals surface area contributed by atoms with Crippen LogP contribution in [0.3, 0.4) is 0 Å². The summed E-state index contributed by atoms with van der Waals surface area (Å²) in [5.74, 6) is 1.75. The lowest BCUT2D eigenvalue weighted by molar-refractivity contribution is -0.137. The molecule has 0 bridgehead atoms. The molecule has 2 fully saturated rings. The monoisotopic (exact) mass is 424 g/mol. The first-order valence-electron chi connectivity index (χ1n) is 11.4. The fourth-order valence-electron chi connectivity index (χ4n) is 4.64. The molecule has 8 heteroatoms. The van der Waals surface area contributed by atoms with Crippen molar-refractivity contribution < 1.29 is 9.59 Å². The van der Waals surface area contributed by atoms with Gasteiger partial charge in [-0.1, -0.05) is 49.6 Å². The van der Waals surface area contributed by atoms with Crippen molar-refractivity contribution in [1.29, 1.82) is 0 Å². The van der Waals surface area contributed by atoms with E-state index in [-0.39, 0.29) is 18.0 Å². The van der Waals surface area contributed by atoms with Gasteiger partial charge in [0.25, 0.3) is 0 Å². The molecule has 0 spiro atoms. The molecule has 3 amide bonds. The molecular formula is C23H32N6O2. The number of aromatic amines is 1. The normalized spacial score (nSPS) is 19.1. The Balaban J connectivity index is 1.31. The highest BCUT2D eigenvalue weighted by Gasteiger charge is 2.30. The first-order valence-corrected chi connectivity index (χ1v) is 11.4. The number of nitrogens with one attached hydrogen (secondary N) is 3. The zero-order valence-corrected chi connectivity index (χ0v) is 18.1. The second kappa shape index (κ2) is 9.94. The van der Waals surface area contributed by atoms with Gasteiger partial charge in [0.05, 0.1) is 0 Å². The zero-order chi connectivity index (χ0) is 21.6. The maximum atomic E-state index is 12.8. The summed E-state index contributed by atoms with van der Waals surface area (Å²) in [4.78, 5) is 31.9. The fraction of sp³-hybridized carbons (Fsp3) is 0.565. The van der Waals surface area contributed by atoms with E-state index in [0.717, 1.165) is 31.2 Å². The van der Waals surface area contributed by atoms with Crippen LogP contribution in [-0.4, -0.2) is 51.2 Å². The standard InChI is InChI=1S/C23H32N6O2/c1-16-24-21(28-27-16)20(17-8-4-2-5-9-17)26-23(31)25-19-12-14-29(15-13-19)22(30)18-10-6-3-7-11-18/h2,4-5,8-9,18-20H,3,6-7,10-15H2,1H3,(H,24,27,28)(H2,25,26,31). The lowest BCUT2D eigenvalue weighted by atomic mass is 9.87. The van der Waals surface area contributed by atoms with Crippen molar-refractivity contribution in [3.05, 3.63) is 47.5 Å². The summed E-state index contributed by atoms with van der Waals surface area (Å²) < 4.78 is 0. The Morgan fingerprint density at radius 3 is 2.42 bits per heavy atom. The number of likely N-dealkylation sites (tertiary alicyclic amines) is 1. The van der Waals surface area contributed by atoms with E-state index in [1.807, 2.05) is 42.2 Å². The van der Waals surface area contributed by atoms with Crippen LogP contribution in [0.4, 0.5) is 4.79 Å². The Bertz CT molecular complexity index is 869. The number of rotatable bonds is 5. The summed E-state index contributed by atoms with van der Waals surface area (Å²) in [5.41, 5.74) is 0.921. The van der Waals surface area contributed by atoms with Crippen LogP contribution in [0.15, 0.2) is 30.3 Å². The van der Waals surface area contributed by atoms with E-state index < -0.39 is 6.04 Å². The molecule has 1 aliphatic carbocycles. The third kappa shape index (κ3) is 5.42. The molecule has 2 heterocycles. The molecule has 166 valence electrons. The summed E-state index contributed by atoms with van der Waals surface area (Å²) >= 11 is 0. The quantitative estimate of drug-likeness (QED) is 0.686. The maximum Gasteiger partial charge on any atom is 0.315 e. The van der Waals surface area contributed by atoms with Gasteiger partial charge in [0, 0.05) is 25.0 Å². The third-order valence-electron chi connectivity index (χ3n) is 6.38. The van der Waals surface area contributed by atoms with Crippen molar-refractivity contribution in [3.63, 3.8) is 0 Å². The van der Waals surface area contributed by atoms with E-state index in [4.69, 9.17) is 0 Å². The number of carbonyl (C=O) groups is 2. The average molecular weight is 425 g/mol. The van der Waals surface area contributed by atoms with E-state index in [0.29, 0.717) is 30.6 Å². The summed E-state index contributed by atoms with van der Waals surface area (Å²) in [6.45, 7) is 3.26. The predicted octanol–water partition coefficient (Wildman–Crippen LogP) is 3.07. The Labute approximate surface area is 183 Å². The van der Waals surface area contributed by atoms with E-state index >= 15 is 0 Å². The molecule has 4 rings (SSSR count). The molecule has 1 aromatic carbocycles. The molecule has 2 aliphatic rings. The topological polar surface area (TPSA) is 103 Å². The van der Waals surface area contributed by atoms with Gasteiger partial charge in [-0.3, -0.25) is 9.89 Å². The van der Waals surface area contributed by atoms with Gasteiger partial charge in [-0.05, 0) is 38.2 Å². The molecule has 31 heavy (non-hydrogen) atoms. The van der Waals surface area contributed by atoms with Crippen LogP contribution in [0.1, 0.15) is 68.2 Å². The SMILES string of the molecule is Cc1nc(C(NC(=O)NC2CCN(C(=O)C3CCCCC3)CC2)c2ccccc2)n[nH]1. The minimum Gasteiger partial charge on any atom is -0.342 e. The van der Waals surface area contributed by atoms with Gasteiger partial charge < -0.3 is 15.5 Å². The number of piperidine rings is 1. The number of aryl methyl sites for hydroxylation is 1. The average Bonchev–Trinajstić information content (AvgIpc) is 3.24. The number of H-pyrrole nitrogens is 1. The van der Waals surface area contributed by atoms with Crippen LogP contribution in [-0.2, 0) is 4.79 Å². The molecule has 1 atom stereocenters. The van der Waals surface area contributed by atoms with Crippen LogP contribution in [0.5, 0.6) is 0 Å². The number of hydrogen-bond donors (Lipinski definition) is 3. The van der Waals surface area contributed by atoms with Crippen molar-refractivity contribution >= 4 is 11.9 Å². The summed E-state index contributed by atoms with van der Waals surface area (Å²) in [6.07, 6.45) is 7.20. The van der Waals surface area contributed by atoms with Crippen LogP contribution >= 0.6 is 0 Å². The van der Waals surface area contributed by atoms with Gasteiger partial charge in [-0.15, -0.1) is 0 Å². The van der Waals surface area contributed by atoms with Crippen LogP contribution in [0.2, 0.25) is 0 Å². The summed E-state index contributed by atoms with van der Waals surface area (Å²) in [7, 11) is 0. The lowest BCUT2D eigenvalue weighted by Crippen LogP contribution is -2.50. The third-order valence-corrected chi connectivity index (χ3v) is 6.38. The smallest absolute Gasteiger partial charge is 0.315 e. The van der Waals surface area contributed by atoms with Crippen molar-refractivity contribution in [2.75, 3.05) is 13.1 Å². The predicted molar refractivity (Wildman–Crippen MR) is 117 cm³/mol. The van der Waals surface area contributed by atoms with Gasteiger partial charge in [-0.25, -0.2) is 9.78 Å². The van der Waals surface area contributed by atoms with Gasteiger partial charge in [0.1, 0.15) is 11.9 Å². The molecule has 3 N–H and O–H groups in total. The van der Waals surface area contributed by atoms with Crippen LogP contribution in [0.25, 0.3) is 0 Å². The molecule has 1 saturated heterocycles. The highest BCUT2D eigenvalue weighted by atomic mass is 16.2. The second-order valence-electron chi connectivity index (χ2n) is 8.68. The first-order chi connectivity index (χ1) is 15.1. The Hall–Kier alpha value is -2.90. The van der Waals surface area contributed by atoms with E-state index in [9.17, 15) is 9.59 Å². The number of carbonyl (C=O) groups excluding carboxylic acids is 2. The van der Waals surface area contributed by atoms with E-state index in [1.165, 1.54) is 19.3 Å². The van der Waals surface area contributed by atoms with Crippen molar-refractivity contribution in [1.82, 2.24) is 30.7 Å². The number of benzene rings is 1. The number of amides is 3. The Morgan fingerprint density at radius 1 is 1.06 bits per heavy atom. The van der Waals surface area contributed by atoms with Crippen molar-refractivity contribution in [2.45, 2.75) is 64.0 Å². The fourth-order valence-corrected chi connectivity index (χ4v) is 4.64. The highest BCUT2D eigenvalue weighted by molar-refractivity contribution is 5.79. The van der Waals surface area contributed by atoms with Crippen LogP contribution in [0, 0.1) is 12.8 Å². The summed E-state index contributed by atoms with van der Waals surface area (Å²) in [6, 6.07) is 9.08. The van der Waals surface area contributed by atoms with Crippen molar-refractivity contribution in [2.24, 2.45) is 5.92 Å². The molecule has 1 aliphatic heterocycles. The first kappa shape index (κ1) is 21.3. The molecule has 2 aromatic rings. The molecule has 1 unspecified atom stereocenters. The number of urea groups is 1. The van der Waals surface area contributed by atoms with Gasteiger partial charge in [-0.2, -0.15) is 5.10 Å². The number of aromatic nitrogens is 3. The van der Waals surface area contributed by atoms with E-state index in [1.54, 1.807) is 0 Å². The highest BCUT2D eigenvalue weighted by Crippen LogP contribution is 2.26.